The van der Waals surface area contributed by atoms with Crippen molar-refractivity contribution in [1.29, 1.82) is 0 Å². The molecule has 1 saturated carbocycles. The van der Waals surface area contributed by atoms with Crippen LogP contribution in [-0.4, -0.2) is 25.8 Å². The van der Waals surface area contributed by atoms with E-state index in [2.05, 4.69) is 26.1 Å². The van der Waals surface area contributed by atoms with Gasteiger partial charge in [0.2, 0.25) is 0 Å². The minimum absolute atomic E-state index is 0.423. The average molecular weight is 253 g/mol. The van der Waals surface area contributed by atoms with Crippen molar-refractivity contribution in [2.24, 2.45) is 17.3 Å². The zero-order chi connectivity index (χ0) is 13.0. The van der Waals surface area contributed by atoms with Crippen molar-refractivity contribution in [2.45, 2.75) is 65.4 Å². The first-order valence-electron chi connectivity index (χ1n) is 8.07. The van der Waals surface area contributed by atoms with E-state index in [4.69, 9.17) is 4.74 Å². The molecule has 1 N–H and O–H groups in total. The molecule has 1 aliphatic carbocycles. The second kappa shape index (κ2) is 6.38. The van der Waals surface area contributed by atoms with E-state index >= 15 is 0 Å². The maximum Gasteiger partial charge on any atom is 0.0674 e. The third-order valence-electron chi connectivity index (χ3n) is 5.07. The Balaban J connectivity index is 2.04. The summed E-state index contributed by atoms with van der Waals surface area (Å²) in [5, 5.41) is 3.69. The Morgan fingerprint density at radius 3 is 2.67 bits per heavy atom. The molecule has 3 unspecified atom stereocenters. The molecule has 0 aromatic heterocycles. The highest BCUT2D eigenvalue weighted by molar-refractivity contribution is 5.02. The van der Waals surface area contributed by atoms with E-state index < -0.39 is 0 Å². The van der Waals surface area contributed by atoms with E-state index in [1.54, 1.807) is 0 Å². The highest BCUT2D eigenvalue weighted by atomic mass is 16.5. The van der Waals surface area contributed by atoms with Crippen LogP contribution in [0, 0.1) is 17.3 Å². The number of rotatable bonds is 8. The molecule has 2 rings (SSSR count). The van der Waals surface area contributed by atoms with Gasteiger partial charge < -0.3 is 10.1 Å². The van der Waals surface area contributed by atoms with Crippen LogP contribution < -0.4 is 5.32 Å². The quantitative estimate of drug-likeness (QED) is 0.667. The van der Waals surface area contributed by atoms with Crippen LogP contribution in [0.2, 0.25) is 0 Å². The molecule has 2 fully saturated rings. The Labute approximate surface area is 113 Å². The van der Waals surface area contributed by atoms with Gasteiger partial charge in [-0.25, -0.2) is 0 Å². The number of nitrogens with one attached hydrogen (secondary N) is 1. The van der Waals surface area contributed by atoms with E-state index in [-0.39, 0.29) is 0 Å². The van der Waals surface area contributed by atoms with Gasteiger partial charge in [0.05, 0.1) is 6.10 Å². The maximum atomic E-state index is 6.15. The summed E-state index contributed by atoms with van der Waals surface area (Å²) in [6, 6.07) is 0. The van der Waals surface area contributed by atoms with E-state index in [1.165, 1.54) is 45.1 Å². The zero-order valence-corrected chi connectivity index (χ0v) is 12.5. The van der Waals surface area contributed by atoms with Crippen LogP contribution in [-0.2, 0) is 4.74 Å². The molecule has 2 nitrogen and oxygen atoms in total. The van der Waals surface area contributed by atoms with Crippen molar-refractivity contribution in [3.05, 3.63) is 0 Å². The third kappa shape index (κ3) is 2.91. The van der Waals surface area contributed by atoms with E-state index in [9.17, 15) is 0 Å². The van der Waals surface area contributed by atoms with Gasteiger partial charge in [-0.3, -0.25) is 0 Å². The molecule has 0 bridgehead atoms. The molecular formula is C16H31NO. The summed E-state index contributed by atoms with van der Waals surface area (Å²) in [5.41, 5.74) is 0.423. The Kier molecular flexibility index (Phi) is 5.08. The number of ether oxygens (including phenoxy) is 1. The zero-order valence-electron chi connectivity index (χ0n) is 12.5. The summed E-state index contributed by atoms with van der Waals surface area (Å²) in [6.45, 7) is 10.3. The SMILES string of the molecule is CCCNCC1(C(C)CCC)CCOC1C1CC1. The molecule has 1 heterocycles. The van der Waals surface area contributed by atoms with Gasteiger partial charge in [-0.2, -0.15) is 0 Å². The normalized spacial score (nSPS) is 33.8. The fourth-order valence-corrected chi connectivity index (χ4v) is 3.80. The first-order chi connectivity index (χ1) is 8.74. The molecule has 1 saturated heterocycles. The topological polar surface area (TPSA) is 21.3 Å². The van der Waals surface area contributed by atoms with Gasteiger partial charge in [-0.15, -0.1) is 0 Å². The first-order valence-corrected chi connectivity index (χ1v) is 8.07. The summed E-state index contributed by atoms with van der Waals surface area (Å²) in [5.74, 6) is 1.66. The van der Waals surface area contributed by atoms with Gasteiger partial charge in [-0.1, -0.05) is 33.6 Å². The standard InChI is InChI=1S/C16H31NO/c1-4-6-13(3)16(12-17-10-5-2)9-11-18-15(16)14-7-8-14/h13-15,17H,4-12H2,1-3H3. The van der Waals surface area contributed by atoms with Gasteiger partial charge in [0, 0.05) is 18.6 Å². The van der Waals surface area contributed by atoms with Crippen LogP contribution in [0.4, 0.5) is 0 Å². The van der Waals surface area contributed by atoms with Gasteiger partial charge in [0.25, 0.3) is 0 Å². The second-order valence-corrected chi connectivity index (χ2v) is 6.48. The predicted octanol–water partition coefficient (Wildman–Crippen LogP) is 3.61. The highest BCUT2D eigenvalue weighted by Gasteiger charge is 2.52. The molecule has 3 atom stereocenters. The largest absolute Gasteiger partial charge is 0.377 e. The van der Waals surface area contributed by atoms with E-state index in [1.807, 2.05) is 0 Å². The van der Waals surface area contributed by atoms with Gasteiger partial charge in [0.1, 0.15) is 0 Å². The fourth-order valence-electron chi connectivity index (χ4n) is 3.80. The lowest BCUT2D eigenvalue weighted by molar-refractivity contribution is 0.00121. The minimum Gasteiger partial charge on any atom is -0.377 e. The molecule has 2 aliphatic rings. The van der Waals surface area contributed by atoms with Crippen LogP contribution in [0.15, 0.2) is 0 Å². The first kappa shape index (κ1) is 14.3. The predicted molar refractivity (Wildman–Crippen MR) is 76.7 cm³/mol. The third-order valence-corrected chi connectivity index (χ3v) is 5.07. The van der Waals surface area contributed by atoms with Crippen molar-refractivity contribution in [3.8, 4) is 0 Å². The lowest BCUT2D eigenvalue weighted by atomic mass is 9.68. The molecule has 18 heavy (non-hydrogen) atoms. The summed E-state index contributed by atoms with van der Waals surface area (Å²) >= 11 is 0. The van der Waals surface area contributed by atoms with Crippen LogP contribution >= 0.6 is 0 Å². The molecular weight excluding hydrogens is 222 g/mol. The lowest BCUT2D eigenvalue weighted by Crippen LogP contribution is -2.46. The van der Waals surface area contributed by atoms with Crippen LogP contribution in [0.1, 0.15) is 59.3 Å². The average Bonchev–Trinajstić information content (AvgIpc) is 3.11. The van der Waals surface area contributed by atoms with Crippen molar-refractivity contribution in [2.75, 3.05) is 19.7 Å². The molecule has 2 heteroatoms. The van der Waals surface area contributed by atoms with E-state index in [0.29, 0.717) is 11.5 Å². The van der Waals surface area contributed by atoms with Crippen LogP contribution in [0.25, 0.3) is 0 Å². The molecule has 106 valence electrons. The van der Waals surface area contributed by atoms with Crippen LogP contribution in [0.5, 0.6) is 0 Å². The minimum atomic E-state index is 0.423. The molecule has 0 spiro atoms. The van der Waals surface area contributed by atoms with Gasteiger partial charge in [0.15, 0.2) is 0 Å². The van der Waals surface area contributed by atoms with Gasteiger partial charge >= 0.3 is 0 Å². The summed E-state index contributed by atoms with van der Waals surface area (Å²) < 4.78 is 6.15. The fraction of sp³-hybridized carbons (Fsp3) is 1.00. The smallest absolute Gasteiger partial charge is 0.0674 e. The Morgan fingerprint density at radius 1 is 1.28 bits per heavy atom. The Hall–Kier alpha value is -0.0800. The maximum absolute atomic E-state index is 6.15. The van der Waals surface area contributed by atoms with Gasteiger partial charge in [-0.05, 0) is 44.1 Å². The van der Waals surface area contributed by atoms with Crippen molar-refractivity contribution in [3.63, 3.8) is 0 Å². The Morgan fingerprint density at radius 2 is 2.06 bits per heavy atom. The summed E-state index contributed by atoms with van der Waals surface area (Å²) in [7, 11) is 0. The van der Waals surface area contributed by atoms with Crippen LogP contribution in [0.3, 0.4) is 0 Å². The number of hydrogen-bond donors (Lipinski definition) is 1. The molecule has 0 aromatic carbocycles. The monoisotopic (exact) mass is 253 g/mol. The second-order valence-electron chi connectivity index (χ2n) is 6.48. The molecule has 0 amide bonds. The lowest BCUT2D eigenvalue weighted by Gasteiger charge is -2.40. The summed E-state index contributed by atoms with van der Waals surface area (Å²) in [4.78, 5) is 0. The summed E-state index contributed by atoms with van der Waals surface area (Å²) in [6.07, 6.45) is 8.50. The molecule has 1 aliphatic heterocycles. The van der Waals surface area contributed by atoms with Crippen molar-refractivity contribution < 1.29 is 4.74 Å². The molecule has 0 radical (unpaired) electrons. The number of hydrogen-bond acceptors (Lipinski definition) is 2. The van der Waals surface area contributed by atoms with Crippen molar-refractivity contribution >= 4 is 0 Å². The Bertz CT molecular complexity index is 251. The van der Waals surface area contributed by atoms with Crippen molar-refractivity contribution in [1.82, 2.24) is 5.32 Å². The molecule has 0 aromatic rings. The highest BCUT2D eigenvalue weighted by Crippen LogP contribution is 2.52. The van der Waals surface area contributed by atoms with E-state index in [0.717, 1.165) is 25.0 Å².